The molecule has 0 fully saturated rings. The third kappa shape index (κ3) is 4.43. The summed E-state index contributed by atoms with van der Waals surface area (Å²) in [6.07, 6.45) is 0. The van der Waals surface area contributed by atoms with Gasteiger partial charge >= 0.3 is 0 Å². The van der Waals surface area contributed by atoms with Crippen LogP contribution in [0.1, 0.15) is 0 Å². The maximum atomic E-state index is 6.79. The van der Waals surface area contributed by atoms with E-state index in [9.17, 15) is 0 Å². The van der Waals surface area contributed by atoms with Crippen LogP contribution in [0.4, 0.5) is 17.1 Å². The van der Waals surface area contributed by atoms with Crippen molar-refractivity contribution >= 4 is 60.5 Å². The van der Waals surface area contributed by atoms with Crippen LogP contribution in [0, 0.1) is 0 Å². The predicted octanol–water partition coefficient (Wildman–Crippen LogP) is 12.7. The molecule has 9 rings (SSSR count). The Morgan fingerprint density at radius 2 is 1.00 bits per heavy atom. The number of para-hydroxylation sites is 1. The van der Waals surface area contributed by atoms with Crippen molar-refractivity contribution in [2.45, 2.75) is 0 Å². The predicted molar refractivity (Wildman–Crippen MR) is 194 cm³/mol. The van der Waals surface area contributed by atoms with Crippen LogP contribution in [-0.4, -0.2) is 0 Å². The highest BCUT2D eigenvalue weighted by Gasteiger charge is 2.21. The van der Waals surface area contributed by atoms with Crippen molar-refractivity contribution in [1.29, 1.82) is 0 Å². The van der Waals surface area contributed by atoms with E-state index in [-0.39, 0.29) is 0 Å². The molecule has 0 bridgehead atoms. The van der Waals surface area contributed by atoms with E-state index < -0.39 is 0 Å². The van der Waals surface area contributed by atoms with Gasteiger partial charge in [0.15, 0.2) is 5.58 Å². The molecule has 216 valence electrons. The SMILES string of the molecule is c1ccc(-c2cccc(N(c3cc(-c4ccccc4)c4ccccc4c3)c3cccc4c3oc3cc5ccccc5cc34)c2)cc1. The van der Waals surface area contributed by atoms with E-state index in [1.807, 2.05) is 0 Å². The molecule has 0 aliphatic carbocycles. The van der Waals surface area contributed by atoms with Gasteiger partial charge in [-0.25, -0.2) is 0 Å². The molecule has 1 heterocycles. The lowest BCUT2D eigenvalue weighted by atomic mass is 9.96. The first-order valence-corrected chi connectivity index (χ1v) is 15.7. The van der Waals surface area contributed by atoms with Crippen molar-refractivity contribution in [3.05, 3.63) is 176 Å². The average Bonchev–Trinajstić information content (AvgIpc) is 3.49. The molecule has 0 saturated heterocycles. The largest absolute Gasteiger partial charge is 0.454 e. The number of rotatable bonds is 5. The fraction of sp³-hybridized carbons (Fsp3) is 0. The summed E-state index contributed by atoms with van der Waals surface area (Å²) in [4.78, 5) is 2.36. The quantitative estimate of drug-likeness (QED) is 0.199. The van der Waals surface area contributed by atoms with Crippen molar-refractivity contribution in [3.8, 4) is 22.3 Å². The zero-order valence-electron chi connectivity index (χ0n) is 25.1. The summed E-state index contributed by atoms with van der Waals surface area (Å²) < 4.78 is 6.79. The van der Waals surface area contributed by atoms with Crippen LogP contribution < -0.4 is 4.90 Å². The molecule has 0 aliphatic rings. The van der Waals surface area contributed by atoms with Crippen LogP contribution in [0.3, 0.4) is 0 Å². The Morgan fingerprint density at radius 1 is 0.370 bits per heavy atom. The highest BCUT2D eigenvalue weighted by molar-refractivity contribution is 6.14. The molecule has 0 saturated carbocycles. The fourth-order valence-electron chi connectivity index (χ4n) is 6.81. The van der Waals surface area contributed by atoms with Crippen LogP contribution in [-0.2, 0) is 0 Å². The molecule has 8 aromatic carbocycles. The maximum absolute atomic E-state index is 6.79. The van der Waals surface area contributed by atoms with Gasteiger partial charge < -0.3 is 9.32 Å². The number of fused-ring (bicyclic) bond motifs is 5. The Labute approximate surface area is 267 Å². The van der Waals surface area contributed by atoms with Crippen LogP contribution in [0.15, 0.2) is 180 Å². The molecule has 9 aromatic rings. The van der Waals surface area contributed by atoms with E-state index in [2.05, 4.69) is 181 Å². The van der Waals surface area contributed by atoms with Crippen molar-refractivity contribution in [1.82, 2.24) is 0 Å². The summed E-state index contributed by atoms with van der Waals surface area (Å²) in [6.45, 7) is 0. The van der Waals surface area contributed by atoms with Gasteiger partial charge in [-0.3, -0.25) is 0 Å². The molecule has 0 N–H and O–H groups in total. The number of nitrogens with zero attached hydrogens (tertiary/aromatic N) is 1. The highest BCUT2D eigenvalue weighted by Crippen LogP contribution is 2.45. The maximum Gasteiger partial charge on any atom is 0.159 e. The van der Waals surface area contributed by atoms with Gasteiger partial charge in [0.25, 0.3) is 0 Å². The van der Waals surface area contributed by atoms with Gasteiger partial charge in [0.2, 0.25) is 0 Å². The summed E-state index contributed by atoms with van der Waals surface area (Å²) in [5.74, 6) is 0. The van der Waals surface area contributed by atoms with Gasteiger partial charge in [-0.1, -0.05) is 133 Å². The lowest BCUT2D eigenvalue weighted by molar-refractivity contribution is 0.669. The van der Waals surface area contributed by atoms with Crippen molar-refractivity contribution in [2.24, 2.45) is 0 Å². The van der Waals surface area contributed by atoms with Crippen molar-refractivity contribution in [2.75, 3.05) is 4.90 Å². The van der Waals surface area contributed by atoms with E-state index in [1.165, 1.54) is 38.2 Å². The van der Waals surface area contributed by atoms with E-state index in [1.54, 1.807) is 0 Å². The number of hydrogen-bond donors (Lipinski definition) is 0. The van der Waals surface area contributed by atoms with E-state index in [0.717, 1.165) is 44.6 Å². The third-order valence-corrected chi connectivity index (χ3v) is 8.99. The average molecular weight is 588 g/mol. The van der Waals surface area contributed by atoms with E-state index >= 15 is 0 Å². The number of furan rings is 1. The van der Waals surface area contributed by atoms with Crippen LogP contribution in [0.25, 0.3) is 65.7 Å². The Hall–Kier alpha value is -6.12. The van der Waals surface area contributed by atoms with Crippen molar-refractivity contribution in [3.63, 3.8) is 0 Å². The summed E-state index contributed by atoms with van der Waals surface area (Å²) in [7, 11) is 0. The minimum Gasteiger partial charge on any atom is -0.454 e. The Bertz CT molecular complexity index is 2530. The Kier molecular flexibility index (Phi) is 6.17. The first-order chi connectivity index (χ1) is 22.8. The monoisotopic (exact) mass is 587 g/mol. The molecule has 1 aromatic heterocycles. The zero-order chi connectivity index (χ0) is 30.5. The Balaban J connectivity index is 1.34. The van der Waals surface area contributed by atoms with Gasteiger partial charge in [-0.15, -0.1) is 0 Å². The Morgan fingerprint density at radius 3 is 1.80 bits per heavy atom. The van der Waals surface area contributed by atoms with Crippen molar-refractivity contribution < 1.29 is 4.42 Å². The second kappa shape index (κ2) is 10.8. The smallest absolute Gasteiger partial charge is 0.159 e. The first kappa shape index (κ1) is 26.3. The molecule has 0 atom stereocenters. The standard InChI is InChI=1S/C44H29NO/c1-3-13-30(14-4-1)32-20-11-21-36(25-32)45(37-26-35-19-9-10-22-38(35)40(29-37)31-15-5-2-6-16-31)42-24-12-23-39-41-27-33-17-7-8-18-34(33)28-43(41)46-44(39)42/h1-29H. The van der Waals surface area contributed by atoms with Crippen LogP contribution >= 0.6 is 0 Å². The molecule has 46 heavy (non-hydrogen) atoms. The first-order valence-electron chi connectivity index (χ1n) is 15.7. The lowest BCUT2D eigenvalue weighted by Crippen LogP contribution is -2.10. The topological polar surface area (TPSA) is 16.4 Å². The number of anilines is 3. The lowest BCUT2D eigenvalue weighted by Gasteiger charge is -2.27. The zero-order valence-corrected chi connectivity index (χ0v) is 25.1. The van der Waals surface area contributed by atoms with Crippen LogP contribution in [0.2, 0.25) is 0 Å². The number of hydrogen-bond acceptors (Lipinski definition) is 2. The summed E-state index contributed by atoms with van der Waals surface area (Å²) in [5, 5.41) is 7.02. The fourth-order valence-corrected chi connectivity index (χ4v) is 6.81. The molecular weight excluding hydrogens is 558 g/mol. The molecule has 0 radical (unpaired) electrons. The van der Waals surface area contributed by atoms with E-state index in [0.29, 0.717) is 0 Å². The normalized spacial score (nSPS) is 11.5. The minimum absolute atomic E-state index is 0.868. The van der Waals surface area contributed by atoms with Gasteiger partial charge in [-0.2, -0.15) is 0 Å². The van der Waals surface area contributed by atoms with E-state index in [4.69, 9.17) is 4.42 Å². The summed E-state index contributed by atoms with van der Waals surface area (Å²) in [6, 6.07) is 62.7. The van der Waals surface area contributed by atoms with Gasteiger partial charge in [0, 0.05) is 22.1 Å². The van der Waals surface area contributed by atoms with Crippen LogP contribution in [0.5, 0.6) is 0 Å². The van der Waals surface area contributed by atoms with Gasteiger partial charge in [0.1, 0.15) is 5.58 Å². The molecule has 2 heteroatoms. The molecule has 0 unspecified atom stereocenters. The second-order valence-electron chi connectivity index (χ2n) is 11.8. The third-order valence-electron chi connectivity index (χ3n) is 8.99. The molecule has 0 aliphatic heterocycles. The summed E-state index contributed by atoms with van der Waals surface area (Å²) in [5.41, 5.74) is 9.62. The second-order valence-corrected chi connectivity index (χ2v) is 11.8. The molecule has 0 spiro atoms. The highest BCUT2D eigenvalue weighted by atomic mass is 16.3. The minimum atomic E-state index is 0.868. The summed E-state index contributed by atoms with van der Waals surface area (Å²) >= 11 is 0. The molecular formula is C44H29NO. The van der Waals surface area contributed by atoms with Gasteiger partial charge in [0.05, 0.1) is 5.69 Å². The number of benzene rings is 8. The molecule has 2 nitrogen and oxygen atoms in total. The van der Waals surface area contributed by atoms with Gasteiger partial charge in [-0.05, 0) is 86.3 Å². The molecule has 0 amide bonds.